The number of nitrogens with zero attached hydrogens (tertiary/aromatic N) is 1. The molecule has 0 radical (unpaired) electrons. The molecule has 2 rings (SSSR count). The van der Waals surface area contributed by atoms with Gasteiger partial charge >= 0.3 is 0 Å². The van der Waals surface area contributed by atoms with Gasteiger partial charge in [0.2, 0.25) is 0 Å². The number of fused-ring (bicyclic) bond motifs is 1. The predicted molar refractivity (Wildman–Crippen MR) is 47.7 cm³/mol. The zero-order chi connectivity index (χ0) is 7.68. The highest BCUT2D eigenvalue weighted by Gasteiger charge is 2.23. The molecule has 0 aromatic heterocycles. The van der Waals surface area contributed by atoms with E-state index in [1.54, 1.807) is 0 Å². The molecule has 0 N–H and O–H groups in total. The smallest absolute Gasteiger partial charge is 0.0332 e. The fourth-order valence-electron chi connectivity index (χ4n) is 2.15. The van der Waals surface area contributed by atoms with Crippen LogP contribution in [0.5, 0.6) is 0 Å². The van der Waals surface area contributed by atoms with E-state index in [9.17, 15) is 0 Å². The molecular weight excluding hydrogens is 134 g/mol. The van der Waals surface area contributed by atoms with Crippen molar-refractivity contribution >= 4 is 6.21 Å². The van der Waals surface area contributed by atoms with Gasteiger partial charge in [0.25, 0.3) is 0 Å². The Morgan fingerprint density at radius 2 is 2.00 bits per heavy atom. The minimum atomic E-state index is 0.771. The molecule has 2 unspecified atom stereocenters. The summed E-state index contributed by atoms with van der Waals surface area (Å²) in [6.45, 7) is 2.10. The highest BCUT2D eigenvalue weighted by molar-refractivity contribution is 5.64. The predicted octanol–water partition coefficient (Wildman–Crippen LogP) is 2.78. The molecule has 11 heavy (non-hydrogen) atoms. The van der Waals surface area contributed by atoms with E-state index in [2.05, 4.69) is 24.2 Å². The maximum absolute atomic E-state index is 4.35. The molecule has 1 heterocycles. The highest BCUT2D eigenvalue weighted by Crippen LogP contribution is 2.32. The van der Waals surface area contributed by atoms with Crippen LogP contribution in [-0.2, 0) is 0 Å². The molecule has 0 bridgehead atoms. The van der Waals surface area contributed by atoms with Crippen LogP contribution in [0.3, 0.4) is 0 Å². The summed E-state index contributed by atoms with van der Waals surface area (Å²) in [7, 11) is 0. The summed E-state index contributed by atoms with van der Waals surface area (Å²) in [5.74, 6) is 1.59. The van der Waals surface area contributed by atoms with Crippen molar-refractivity contribution in [3.8, 4) is 0 Å². The molecule has 0 saturated heterocycles. The Hall–Kier alpha value is -0.590. The van der Waals surface area contributed by atoms with E-state index >= 15 is 0 Å². The molecule has 2 atom stereocenters. The van der Waals surface area contributed by atoms with Crippen molar-refractivity contribution < 1.29 is 0 Å². The van der Waals surface area contributed by atoms with E-state index in [-0.39, 0.29) is 0 Å². The van der Waals surface area contributed by atoms with E-state index in [1.165, 1.54) is 31.4 Å². The minimum Gasteiger partial charge on any atom is -0.266 e. The molecule has 0 spiro atoms. The lowest BCUT2D eigenvalue weighted by molar-refractivity contribution is 0.356. The SMILES string of the molecule is CC1=CC2CCCCC2C=N1. The third kappa shape index (κ3) is 1.37. The molecule has 2 aliphatic rings. The van der Waals surface area contributed by atoms with Crippen LogP contribution < -0.4 is 0 Å². The minimum absolute atomic E-state index is 0.771. The van der Waals surface area contributed by atoms with E-state index in [4.69, 9.17) is 0 Å². The van der Waals surface area contributed by atoms with Gasteiger partial charge in [-0.25, -0.2) is 0 Å². The number of rotatable bonds is 0. The summed E-state index contributed by atoms with van der Waals surface area (Å²) in [5.41, 5.74) is 1.22. The molecule has 60 valence electrons. The Morgan fingerprint density at radius 3 is 2.82 bits per heavy atom. The molecule has 0 amide bonds. The first-order valence-electron chi connectivity index (χ1n) is 4.59. The Kier molecular flexibility index (Phi) is 1.80. The molecular formula is C10H15N. The summed E-state index contributed by atoms with van der Waals surface area (Å²) in [4.78, 5) is 4.35. The van der Waals surface area contributed by atoms with Crippen LogP contribution in [0.25, 0.3) is 0 Å². The van der Waals surface area contributed by atoms with Gasteiger partial charge in [-0.05, 0) is 25.7 Å². The lowest BCUT2D eigenvalue weighted by Gasteiger charge is -2.28. The second-order valence-electron chi connectivity index (χ2n) is 3.70. The summed E-state index contributed by atoms with van der Waals surface area (Å²) in [6, 6.07) is 0. The summed E-state index contributed by atoms with van der Waals surface area (Å²) in [5, 5.41) is 0. The van der Waals surface area contributed by atoms with Crippen LogP contribution in [0, 0.1) is 11.8 Å². The number of allylic oxidation sites excluding steroid dienone is 2. The van der Waals surface area contributed by atoms with Gasteiger partial charge in [0.15, 0.2) is 0 Å². The zero-order valence-corrected chi connectivity index (χ0v) is 7.09. The van der Waals surface area contributed by atoms with Crippen molar-refractivity contribution in [1.82, 2.24) is 0 Å². The molecule has 1 aliphatic heterocycles. The highest BCUT2D eigenvalue weighted by atomic mass is 14.7. The average Bonchev–Trinajstić information content (AvgIpc) is 2.04. The molecule has 1 aliphatic carbocycles. The lowest BCUT2D eigenvalue weighted by atomic mass is 9.78. The van der Waals surface area contributed by atoms with E-state index in [0.29, 0.717) is 0 Å². The number of aliphatic imine (C=N–C) groups is 1. The van der Waals surface area contributed by atoms with Crippen LogP contribution in [0.4, 0.5) is 0 Å². The zero-order valence-electron chi connectivity index (χ0n) is 7.09. The Morgan fingerprint density at radius 1 is 1.27 bits per heavy atom. The van der Waals surface area contributed by atoms with Crippen LogP contribution in [0.2, 0.25) is 0 Å². The maximum Gasteiger partial charge on any atom is 0.0332 e. The molecule has 1 heteroatoms. The molecule has 1 fully saturated rings. The van der Waals surface area contributed by atoms with Gasteiger partial charge < -0.3 is 0 Å². The van der Waals surface area contributed by atoms with Crippen molar-refractivity contribution in [3.05, 3.63) is 11.8 Å². The van der Waals surface area contributed by atoms with Gasteiger partial charge in [0.1, 0.15) is 0 Å². The average molecular weight is 149 g/mol. The second kappa shape index (κ2) is 2.80. The Labute approximate surface area is 68.2 Å². The largest absolute Gasteiger partial charge is 0.266 e. The first-order chi connectivity index (χ1) is 5.36. The quantitative estimate of drug-likeness (QED) is 0.502. The molecule has 1 saturated carbocycles. The second-order valence-corrected chi connectivity index (χ2v) is 3.70. The van der Waals surface area contributed by atoms with Crippen LogP contribution in [0.1, 0.15) is 32.6 Å². The number of hydrogen-bond acceptors (Lipinski definition) is 1. The van der Waals surface area contributed by atoms with Gasteiger partial charge in [0.05, 0.1) is 0 Å². The molecule has 0 aromatic carbocycles. The van der Waals surface area contributed by atoms with Crippen molar-refractivity contribution in [2.45, 2.75) is 32.6 Å². The Balaban J connectivity index is 2.13. The van der Waals surface area contributed by atoms with Crippen LogP contribution in [-0.4, -0.2) is 6.21 Å². The fraction of sp³-hybridized carbons (Fsp3) is 0.700. The van der Waals surface area contributed by atoms with Gasteiger partial charge in [-0.15, -0.1) is 0 Å². The van der Waals surface area contributed by atoms with E-state index in [0.717, 1.165) is 11.8 Å². The Bertz CT molecular complexity index is 203. The third-order valence-electron chi connectivity index (χ3n) is 2.80. The monoisotopic (exact) mass is 149 g/mol. The fourth-order valence-corrected chi connectivity index (χ4v) is 2.15. The van der Waals surface area contributed by atoms with Crippen molar-refractivity contribution in [1.29, 1.82) is 0 Å². The normalized spacial score (nSPS) is 36.3. The summed E-state index contributed by atoms with van der Waals surface area (Å²) in [6.07, 6.45) is 10.1. The van der Waals surface area contributed by atoms with Crippen LogP contribution in [0.15, 0.2) is 16.8 Å². The first kappa shape index (κ1) is 7.08. The molecule has 0 aromatic rings. The summed E-state index contributed by atoms with van der Waals surface area (Å²) >= 11 is 0. The van der Waals surface area contributed by atoms with Crippen molar-refractivity contribution in [2.24, 2.45) is 16.8 Å². The third-order valence-corrected chi connectivity index (χ3v) is 2.80. The number of hydrogen-bond donors (Lipinski definition) is 0. The van der Waals surface area contributed by atoms with Gasteiger partial charge in [-0.2, -0.15) is 0 Å². The van der Waals surface area contributed by atoms with Crippen molar-refractivity contribution in [3.63, 3.8) is 0 Å². The lowest BCUT2D eigenvalue weighted by Crippen LogP contribution is -2.21. The van der Waals surface area contributed by atoms with Gasteiger partial charge in [0, 0.05) is 17.8 Å². The maximum atomic E-state index is 4.35. The topological polar surface area (TPSA) is 12.4 Å². The molecule has 1 nitrogen and oxygen atoms in total. The van der Waals surface area contributed by atoms with Gasteiger partial charge in [-0.1, -0.05) is 18.9 Å². The summed E-state index contributed by atoms with van der Waals surface area (Å²) < 4.78 is 0. The van der Waals surface area contributed by atoms with Crippen LogP contribution >= 0.6 is 0 Å². The van der Waals surface area contributed by atoms with Crippen molar-refractivity contribution in [2.75, 3.05) is 0 Å². The van der Waals surface area contributed by atoms with E-state index in [1.807, 2.05) is 0 Å². The van der Waals surface area contributed by atoms with Gasteiger partial charge in [-0.3, -0.25) is 4.99 Å². The standard InChI is InChI=1S/C10H15N/c1-8-6-9-4-2-3-5-10(9)7-11-8/h6-7,9-10H,2-5H2,1H3. The first-order valence-corrected chi connectivity index (χ1v) is 4.59. The van der Waals surface area contributed by atoms with E-state index < -0.39 is 0 Å².